The topological polar surface area (TPSA) is 127 Å². The molecule has 1 aromatic rings. The molecule has 1 aromatic carbocycles. The summed E-state index contributed by atoms with van der Waals surface area (Å²) < 4.78 is 26.3. The van der Waals surface area contributed by atoms with E-state index in [0.29, 0.717) is 6.42 Å². The Morgan fingerprint density at radius 2 is 1.90 bits per heavy atom. The van der Waals surface area contributed by atoms with Crippen molar-refractivity contribution < 1.29 is 23.2 Å². The van der Waals surface area contributed by atoms with Crippen molar-refractivity contribution in [1.82, 2.24) is 4.72 Å². The van der Waals surface area contributed by atoms with Crippen molar-refractivity contribution in [1.29, 1.82) is 0 Å². The number of benzene rings is 1. The lowest BCUT2D eigenvalue weighted by atomic mass is 10.0. The van der Waals surface area contributed by atoms with Gasteiger partial charge in [0.1, 0.15) is 6.04 Å². The first kappa shape index (κ1) is 17.1. The summed E-state index contributed by atoms with van der Waals surface area (Å²) in [5.41, 5.74) is -0.245. The maximum absolute atomic E-state index is 12.1. The van der Waals surface area contributed by atoms with Gasteiger partial charge in [0.15, 0.2) is 0 Å². The number of hydrogen-bond donors (Lipinski definition) is 2. The van der Waals surface area contributed by atoms with Gasteiger partial charge in [0.05, 0.1) is 9.82 Å². The Morgan fingerprint density at radius 3 is 2.29 bits per heavy atom. The van der Waals surface area contributed by atoms with Crippen LogP contribution in [-0.4, -0.2) is 30.5 Å². The van der Waals surface area contributed by atoms with Crippen molar-refractivity contribution in [2.24, 2.45) is 5.92 Å². The normalized spacial score (nSPS) is 14.4. The van der Waals surface area contributed by atoms with E-state index in [-0.39, 0.29) is 10.6 Å². The maximum atomic E-state index is 12.1. The van der Waals surface area contributed by atoms with Crippen LogP contribution in [0.25, 0.3) is 0 Å². The van der Waals surface area contributed by atoms with Crippen molar-refractivity contribution in [3.8, 4) is 0 Å². The van der Waals surface area contributed by atoms with Crippen LogP contribution in [0.4, 0.5) is 5.69 Å². The lowest BCUT2D eigenvalue weighted by molar-refractivity contribution is -0.384. The third kappa shape index (κ3) is 4.23. The van der Waals surface area contributed by atoms with E-state index in [1.807, 2.05) is 0 Å². The standard InChI is InChI=1S/C12H16N2O6S/c1-3-8(2)11(12(15)16)13-21(19,20)10-6-4-9(5-7-10)14(17)18/h4-8,11,13H,3H2,1-2H3,(H,15,16)/t8?,11-/m1/s1. The largest absolute Gasteiger partial charge is 0.480 e. The number of sulfonamides is 1. The summed E-state index contributed by atoms with van der Waals surface area (Å²) in [7, 11) is -4.06. The Hall–Kier alpha value is -2.00. The number of nitro groups is 1. The van der Waals surface area contributed by atoms with Gasteiger partial charge < -0.3 is 5.11 Å². The van der Waals surface area contributed by atoms with Crippen LogP contribution in [0.1, 0.15) is 20.3 Å². The lowest BCUT2D eigenvalue weighted by Crippen LogP contribution is -2.44. The molecule has 0 radical (unpaired) electrons. The van der Waals surface area contributed by atoms with E-state index >= 15 is 0 Å². The third-order valence-corrected chi connectivity index (χ3v) is 4.58. The Bertz CT molecular complexity index is 626. The summed E-state index contributed by atoms with van der Waals surface area (Å²) in [6.45, 7) is 3.37. The highest BCUT2D eigenvalue weighted by atomic mass is 32.2. The van der Waals surface area contributed by atoms with Crippen molar-refractivity contribution in [3.05, 3.63) is 34.4 Å². The number of carbonyl (C=O) groups is 1. The zero-order chi connectivity index (χ0) is 16.2. The smallest absolute Gasteiger partial charge is 0.322 e. The summed E-state index contributed by atoms with van der Waals surface area (Å²) in [6.07, 6.45) is 0.486. The average molecular weight is 316 g/mol. The quantitative estimate of drug-likeness (QED) is 0.578. The zero-order valence-electron chi connectivity index (χ0n) is 11.5. The van der Waals surface area contributed by atoms with Crippen molar-refractivity contribution in [3.63, 3.8) is 0 Å². The van der Waals surface area contributed by atoms with Gasteiger partial charge in [-0.1, -0.05) is 20.3 Å². The summed E-state index contributed by atoms with van der Waals surface area (Å²) >= 11 is 0. The molecular weight excluding hydrogens is 300 g/mol. The van der Waals surface area contributed by atoms with Gasteiger partial charge in [-0.15, -0.1) is 0 Å². The van der Waals surface area contributed by atoms with E-state index in [1.165, 1.54) is 0 Å². The minimum absolute atomic E-state index is 0.220. The lowest BCUT2D eigenvalue weighted by Gasteiger charge is -2.20. The third-order valence-electron chi connectivity index (χ3n) is 3.12. The molecule has 9 heteroatoms. The number of nitrogens with one attached hydrogen (secondary N) is 1. The van der Waals surface area contributed by atoms with Gasteiger partial charge in [0, 0.05) is 12.1 Å². The van der Waals surface area contributed by atoms with Crippen LogP contribution in [0.2, 0.25) is 0 Å². The first-order valence-corrected chi connectivity index (χ1v) is 7.67. The maximum Gasteiger partial charge on any atom is 0.322 e. The molecule has 0 aliphatic carbocycles. The predicted molar refractivity (Wildman–Crippen MR) is 74.3 cm³/mol. The van der Waals surface area contributed by atoms with E-state index in [0.717, 1.165) is 24.3 Å². The van der Waals surface area contributed by atoms with Gasteiger partial charge >= 0.3 is 5.97 Å². The second kappa shape index (κ2) is 6.64. The minimum Gasteiger partial charge on any atom is -0.480 e. The Kier molecular flexibility index (Phi) is 5.39. The fraction of sp³-hybridized carbons (Fsp3) is 0.417. The van der Waals surface area contributed by atoms with Crippen LogP contribution in [0.15, 0.2) is 29.2 Å². The van der Waals surface area contributed by atoms with Crippen molar-refractivity contribution in [2.75, 3.05) is 0 Å². The molecule has 0 saturated heterocycles. The van der Waals surface area contributed by atoms with Crippen LogP contribution in [0.5, 0.6) is 0 Å². The molecule has 21 heavy (non-hydrogen) atoms. The first-order valence-electron chi connectivity index (χ1n) is 6.18. The summed E-state index contributed by atoms with van der Waals surface area (Å²) in [6, 6.07) is 2.97. The molecule has 0 bridgehead atoms. The van der Waals surface area contributed by atoms with Crippen LogP contribution in [-0.2, 0) is 14.8 Å². The predicted octanol–water partition coefficient (Wildman–Crippen LogP) is 1.37. The number of nitro benzene ring substituents is 1. The van der Waals surface area contributed by atoms with Gasteiger partial charge in [0.2, 0.25) is 10.0 Å². The molecule has 0 aliphatic rings. The highest BCUT2D eigenvalue weighted by Gasteiger charge is 2.29. The van der Waals surface area contributed by atoms with E-state index < -0.39 is 32.9 Å². The molecular formula is C12H16N2O6S. The molecule has 8 nitrogen and oxygen atoms in total. The number of nitrogens with zero attached hydrogens (tertiary/aromatic N) is 1. The van der Waals surface area contributed by atoms with E-state index in [1.54, 1.807) is 13.8 Å². The van der Waals surface area contributed by atoms with Crippen LogP contribution in [0.3, 0.4) is 0 Å². The average Bonchev–Trinajstić information content (AvgIpc) is 2.43. The monoisotopic (exact) mass is 316 g/mol. The number of hydrogen-bond acceptors (Lipinski definition) is 5. The summed E-state index contributed by atoms with van der Waals surface area (Å²) in [5.74, 6) is -1.66. The molecule has 0 saturated carbocycles. The Balaban J connectivity index is 3.04. The van der Waals surface area contributed by atoms with E-state index in [9.17, 15) is 23.3 Å². The molecule has 116 valence electrons. The summed E-state index contributed by atoms with van der Waals surface area (Å²) in [4.78, 5) is 20.8. The van der Waals surface area contributed by atoms with Gasteiger partial charge in [0.25, 0.3) is 5.69 Å². The number of rotatable bonds is 7. The first-order chi connectivity index (χ1) is 9.69. The van der Waals surface area contributed by atoms with Crippen LogP contribution < -0.4 is 4.72 Å². The van der Waals surface area contributed by atoms with Crippen molar-refractivity contribution >= 4 is 21.7 Å². The number of carboxylic acids is 1. The SMILES string of the molecule is CCC(C)[C@@H](NS(=O)(=O)c1ccc([N+](=O)[O-])cc1)C(=O)O. The molecule has 1 rings (SSSR count). The van der Waals surface area contributed by atoms with Crippen molar-refractivity contribution in [2.45, 2.75) is 31.2 Å². The van der Waals surface area contributed by atoms with Gasteiger partial charge in [-0.25, -0.2) is 8.42 Å². The molecule has 0 spiro atoms. The van der Waals surface area contributed by atoms with Gasteiger partial charge in [-0.05, 0) is 18.1 Å². The highest BCUT2D eigenvalue weighted by molar-refractivity contribution is 7.89. The molecule has 0 aliphatic heterocycles. The Morgan fingerprint density at radius 1 is 1.38 bits per heavy atom. The summed E-state index contributed by atoms with van der Waals surface area (Å²) in [5, 5.41) is 19.6. The van der Waals surface area contributed by atoms with E-state index in [2.05, 4.69) is 4.72 Å². The number of non-ortho nitro benzene ring substituents is 1. The molecule has 2 atom stereocenters. The van der Waals surface area contributed by atoms with Crippen LogP contribution in [0, 0.1) is 16.0 Å². The molecule has 0 heterocycles. The van der Waals surface area contributed by atoms with Gasteiger partial charge in [-0.3, -0.25) is 14.9 Å². The molecule has 2 N–H and O–H groups in total. The van der Waals surface area contributed by atoms with E-state index in [4.69, 9.17) is 5.11 Å². The fourth-order valence-corrected chi connectivity index (χ4v) is 2.93. The molecule has 0 amide bonds. The second-order valence-electron chi connectivity index (χ2n) is 4.57. The minimum atomic E-state index is -4.06. The highest BCUT2D eigenvalue weighted by Crippen LogP contribution is 2.17. The Labute approximate surface area is 122 Å². The molecule has 0 aromatic heterocycles. The fourth-order valence-electron chi connectivity index (χ4n) is 1.63. The molecule has 1 unspecified atom stereocenters. The van der Waals surface area contributed by atoms with Gasteiger partial charge in [-0.2, -0.15) is 4.72 Å². The molecule has 0 fully saturated rings. The zero-order valence-corrected chi connectivity index (χ0v) is 12.3. The number of carboxylic acid groups (broad SMARTS) is 1. The second-order valence-corrected chi connectivity index (χ2v) is 6.29. The van der Waals surface area contributed by atoms with Crippen LogP contribution >= 0.6 is 0 Å². The number of aliphatic carboxylic acids is 1.